The Labute approximate surface area is 97.5 Å². The predicted octanol–water partition coefficient (Wildman–Crippen LogP) is 2.33. The number of hydrogen-bond acceptors (Lipinski definition) is 3. The Bertz CT molecular complexity index is 236. The van der Waals surface area contributed by atoms with Crippen molar-refractivity contribution in [2.75, 3.05) is 20.3 Å². The van der Waals surface area contributed by atoms with E-state index in [-0.39, 0.29) is 5.92 Å². The van der Waals surface area contributed by atoms with Gasteiger partial charge in [0.2, 0.25) is 0 Å². The molecule has 2 aliphatic rings. The van der Waals surface area contributed by atoms with E-state index >= 15 is 0 Å². The van der Waals surface area contributed by atoms with Crippen molar-refractivity contribution in [2.24, 2.45) is 5.92 Å². The number of carbonyl (C=O) groups is 1. The second-order valence-electron chi connectivity index (χ2n) is 5.04. The maximum atomic E-state index is 12.5. The highest BCUT2D eigenvalue weighted by molar-refractivity contribution is 5.89. The molecular weight excluding hydrogens is 204 g/mol. The quantitative estimate of drug-likeness (QED) is 0.693. The van der Waals surface area contributed by atoms with E-state index in [0.29, 0.717) is 12.4 Å². The SMILES string of the molecule is COC1(C(=O)C2CCOC2)CCCCCC1. The summed E-state index contributed by atoms with van der Waals surface area (Å²) in [4.78, 5) is 12.5. The minimum Gasteiger partial charge on any atom is -0.381 e. The van der Waals surface area contributed by atoms with Crippen molar-refractivity contribution in [1.29, 1.82) is 0 Å². The maximum absolute atomic E-state index is 12.5. The average molecular weight is 226 g/mol. The van der Waals surface area contributed by atoms with Crippen molar-refractivity contribution in [3.8, 4) is 0 Å². The van der Waals surface area contributed by atoms with Gasteiger partial charge in [0.15, 0.2) is 5.78 Å². The van der Waals surface area contributed by atoms with Crippen LogP contribution in [0, 0.1) is 5.92 Å². The molecule has 1 atom stereocenters. The number of Topliss-reactive ketones (excluding diaryl/α,β-unsaturated/α-hetero) is 1. The lowest BCUT2D eigenvalue weighted by atomic mass is 9.82. The lowest BCUT2D eigenvalue weighted by Gasteiger charge is -2.31. The van der Waals surface area contributed by atoms with Gasteiger partial charge in [0, 0.05) is 19.6 Å². The van der Waals surface area contributed by atoms with E-state index in [0.717, 1.165) is 38.7 Å². The molecule has 1 heterocycles. The molecule has 1 saturated heterocycles. The third-order valence-electron chi connectivity index (χ3n) is 4.05. The Kier molecular flexibility index (Phi) is 3.98. The van der Waals surface area contributed by atoms with Gasteiger partial charge in [-0.2, -0.15) is 0 Å². The second kappa shape index (κ2) is 5.28. The van der Waals surface area contributed by atoms with Gasteiger partial charge in [0.05, 0.1) is 6.61 Å². The van der Waals surface area contributed by atoms with Crippen molar-refractivity contribution in [3.63, 3.8) is 0 Å². The van der Waals surface area contributed by atoms with Gasteiger partial charge in [-0.25, -0.2) is 0 Å². The van der Waals surface area contributed by atoms with E-state index in [4.69, 9.17) is 9.47 Å². The molecule has 0 aromatic heterocycles. The van der Waals surface area contributed by atoms with Crippen LogP contribution in [0.15, 0.2) is 0 Å². The van der Waals surface area contributed by atoms with Crippen LogP contribution in [0.2, 0.25) is 0 Å². The normalized spacial score (nSPS) is 29.9. The van der Waals surface area contributed by atoms with Crippen molar-refractivity contribution < 1.29 is 14.3 Å². The van der Waals surface area contributed by atoms with E-state index in [2.05, 4.69) is 0 Å². The van der Waals surface area contributed by atoms with Crippen LogP contribution >= 0.6 is 0 Å². The molecule has 0 N–H and O–H groups in total. The highest BCUT2D eigenvalue weighted by Crippen LogP contribution is 2.34. The molecule has 1 aliphatic heterocycles. The lowest BCUT2D eigenvalue weighted by Crippen LogP contribution is -2.44. The fourth-order valence-corrected chi connectivity index (χ4v) is 2.96. The molecule has 0 amide bonds. The van der Waals surface area contributed by atoms with Crippen molar-refractivity contribution >= 4 is 5.78 Å². The summed E-state index contributed by atoms with van der Waals surface area (Å²) in [5.74, 6) is 0.382. The third kappa shape index (κ3) is 2.30. The average Bonchev–Trinajstić information content (AvgIpc) is 2.73. The molecule has 1 saturated carbocycles. The molecule has 92 valence electrons. The predicted molar refractivity (Wildman–Crippen MR) is 61.4 cm³/mol. The molecule has 3 nitrogen and oxygen atoms in total. The summed E-state index contributed by atoms with van der Waals surface area (Å²) in [6, 6.07) is 0. The van der Waals surface area contributed by atoms with Crippen LogP contribution in [-0.4, -0.2) is 31.7 Å². The number of ketones is 1. The molecule has 0 bridgehead atoms. The van der Waals surface area contributed by atoms with Gasteiger partial charge in [-0.05, 0) is 19.3 Å². The summed E-state index contributed by atoms with van der Waals surface area (Å²) in [5, 5.41) is 0. The number of rotatable bonds is 3. The zero-order valence-corrected chi connectivity index (χ0v) is 10.2. The van der Waals surface area contributed by atoms with E-state index in [1.807, 2.05) is 0 Å². The van der Waals surface area contributed by atoms with E-state index < -0.39 is 5.60 Å². The zero-order valence-electron chi connectivity index (χ0n) is 10.2. The Morgan fingerprint density at radius 2 is 1.94 bits per heavy atom. The first-order valence-corrected chi connectivity index (χ1v) is 6.46. The van der Waals surface area contributed by atoms with Crippen LogP contribution < -0.4 is 0 Å². The van der Waals surface area contributed by atoms with E-state index in [1.165, 1.54) is 12.8 Å². The Hall–Kier alpha value is -0.410. The summed E-state index contributed by atoms with van der Waals surface area (Å²) in [6.07, 6.45) is 7.39. The van der Waals surface area contributed by atoms with Crippen molar-refractivity contribution in [2.45, 2.75) is 50.5 Å². The largest absolute Gasteiger partial charge is 0.381 e. The fraction of sp³-hybridized carbons (Fsp3) is 0.923. The van der Waals surface area contributed by atoms with Crippen LogP contribution in [0.3, 0.4) is 0 Å². The Morgan fingerprint density at radius 1 is 1.25 bits per heavy atom. The van der Waals surface area contributed by atoms with Crippen molar-refractivity contribution in [1.82, 2.24) is 0 Å². The molecule has 16 heavy (non-hydrogen) atoms. The van der Waals surface area contributed by atoms with Gasteiger partial charge in [-0.1, -0.05) is 25.7 Å². The second-order valence-corrected chi connectivity index (χ2v) is 5.04. The maximum Gasteiger partial charge on any atom is 0.170 e. The molecule has 0 aromatic carbocycles. The molecular formula is C13H22O3. The monoisotopic (exact) mass is 226 g/mol. The van der Waals surface area contributed by atoms with Gasteiger partial charge in [-0.15, -0.1) is 0 Å². The Balaban J connectivity index is 2.08. The number of ether oxygens (including phenoxy) is 2. The summed E-state index contributed by atoms with van der Waals surface area (Å²) in [5.41, 5.74) is -0.491. The molecule has 0 aromatic rings. The first kappa shape index (κ1) is 12.1. The number of carbonyl (C=O) groups excluding carboxylic acids is 1. The molecule has 1 unspecified atom stereocenters. The standard InChI is InChI=1S/C13H22O3/c1-15-13(7-4-2-3-5-8-13)12(14)11-6-9-16-10-11/h11H,2-10H2,1H3. The molecule has 0 radical (unpaired) electrons. The van der Waals surface area contributed by atoms with Gasteiger partial charge >= 0.3 is 0 Å². The minimum absolute atomic E-state index is 0.0815. The van der Waals surface area contributed by atoms with Crippen LogP contribution in [0.25, 0.3) is 0 Å². The molecule has 1 aliphatic carbocycles. The van der Waals surface area contributed by atoms with E-state index in [9.17, 15) is 4.79 Å². The Morgan fingerprint density at radius 3 is 2.44 bits per heavy atom. The summed E-state index contributed by atoms with van der Waals surface area (Å²) in [6.45, 7) is 1.33. The van der Waals surface area contributed by atoms with Crippen LogP contribution in [0.5, 0.6) is 0 Å². The number of methoxy groups -OCH3 is 1. The van der Waals surface area contributed by atoms with Gasteiger partial charge in [0.25, 0.3) is 0 Å². The number of hydrogen-bond donors (Lipinski definition) is 0. The first-order valence-electron chi connectivity index (χ1n) is 6.46. The fourth-order valence-electron chi connectivity index (χ4n) is 2.96. The summed E-state index contributed by atoms with van der Waals surface area (Å²) >= 11 is 0. The van der Waals surface area contributed by atoms with Crippen LogP contribution in [-0.2, 0) is 14.3 Å². The highest BCUT2D eigenvalue weighted by atomic mass is 16.5. The summed E-state index contributed by atoms with van der Waals surface area (Å²) < 4.78 is 10.9. The van der Waals surface area contributed by atoms with E-state index in [1.54, 1.807) is 7.11 Å². The zero-order chi connectivity index (χ0) is 11.4. The molecule has 2 fully saturated rings. The third-order valence-corrected chi connectivity index (χ3v) is 4.05. The topological polar surface area (TPSA) is 35.5 Å². The summed E-state index contributed by atoms with van der Waals surface area (Å²) in [7, 11) is 1.69. The van der Waals surface area contributed by atoms with Crippen LogP contribution in [0.1, 0.15) is 44.9 Å². The minimum atomic E-state index is -0.491. The first-order chi connectivity index (χ1) is 7.78. The van der Waals surface area contributed by atoms with Gasteiger partial charge in [0.1, 0.15) is 5.60 Å². The highest BCUT2D eigenvalue weighted by Gasteiger charge is 2.42. The molecule has 2 rings (SSSR count). The van der Waals surface area contributed by atoms with Gasteiger partial charge < -0.3 is 9.47 Å². The molecule has 3 heteroatoms. The van der Waals surface area contributed by atoms with Crippen LogP contribution in [0.4, 0.5) is 0 Å². The van der Waals surface area contributed by atoms with Gasteiger partial charge in [-0.3, -0.25) is 4.79 Å². The lowest BCUT2D eigenvalue weighted by molar-refractivity contribution is -0.147. The smallest absolute Gasteiger partial charge is 0.170 e. The molecule has 0 spiro atoms. The van der Waals surface area contributed by atoms with Crippen molar-refractivity contribution in [3.05, 3.63) is 0 Å².